The normalized spacial score (nSPS) is 23.9. The van der Waals surface area contributed by atoms with Crippen LogP contribution in [0.3, 0.4) is 0 Å². The van der Waals surface area contributed by atoms with E-state index in [-0.39, 0.29) is 17.7 Å². The fraction of sp³-hybridized carbons (Fsp3) is 0.800. The number of hydrogen-bond acceptors (Lipinski definition) is 3. The van der Waals surface area contributed by atoms with Crippen LogP contribution < -0.4 is 0 Å². The molecule has 2 rings (SSSR count). The Hall–Kier alpha value is -1.06. The summed E-state index contributed by atoms with van der Waals surface area (Å²) < 4.78 is 0. The van der Waals surface area contributed by atoms with Gasteiger partial charge < -0.3 is 9.94 Å². The Morgan fingerprint density at radius 3 is 2.36 bits per heavy atom. The Kier molecular flexibility index (Phi) is 2.70. The van der Waals surface area contributed by atoms with Gasteiger partial charge in [-0.1, -0.05) is 5.16 Å². The highest BCUT2D eigenvalue weighted by molar-refractivity contribution is 6.36. The number of carbonyl (C=O) groups is 1. The fourth-order valence-corrected chi connectivity index (χ4v) is 1.77. The van der Waals surface area contributed by atoms with Gasteiger partial charge in [-0.3, -0.25) is 0 Å². The van der Waals surface area contributed by atoms with Gasteiger partial charge >= 0.3 is 5.97 Å². The van der Waals surface area contributed by atoms with Crippen molar-refractivity contribution in [1.82, 2.24) is 0 Å². The van der Waals surface area contributed by atoms with Crippen LogP contribution in [0.1, 0.15) is 38.5 Å². The van der Waals surface area contributed by atoms with E-state index in [0.29, 0.717) is 0 Å². The highest BCUT2D eigenvalue weighted by atomic mass is 16.6. The van der Waals surface area contributed by atoms with Gasteiger partial charge in [-0.2, -0.15) is 0 Å². The Labute approximate surface area is 82.9 Å². The van der Waals surface area contributed by atoms with Crippen molar-refractivity contribution in [3.63, 3.8) is 0 Å². The monoisotopic (exact) mass is 197 g/mol. The van der Waals surface area contributed by atoms with Gasteiger partial charge in [0.25, 0.3) is 0 Å². The average molecular weight is 197 g/mol. The third kappa shape index (κ3) is 2.25. The first-order chi connectivity index (χ1) is 6.77. The lowest BCUT2D eigenvalue weighted by atomic mass is 10.2. The Bertz CT molecular complexity index is 252. The highest BCUT2D eigenvalue weighted by Crippen LogP contribution is 2.31. The lowest BCUT2D eigenvalue weighted by Crippen LogP contribution is -2.17. The summed E-state index contributed by atoms with van der Waals surface area (Å²) in [5.74, 6) is -0.778. The zero-order chi connectivity index (χ0) is 9.97. The van der Waals surface area contributed by atoms with Crippen molar-refractivity contribution in [3.05, 3.63) is 0 Å². The lowest BCUT2D eigenvalue weighted by Gasteiger charge is -2.07. The van der Waals surface area contributed by atoms with Gasteiger partial charge in [0.1, 0.15) is 6.10 Å². The molecule has 0 bridgehead atoms. The second-order valence-electron chi connectivity index (χ2n) is 4.07. The zero-order valence-electron chi connectivity index (χ0n) is 8.11. The first-order valence-corrected chi connectivity index (χ1v) is 5.24. The summed E-state index contributed by atoms with van der Waals surface area (Å²) in [7, 11) is 0. The number of oxime groups is 1. The van der Waals surface area contributed by atoms with E-state index in [9.17, 15) is 4.79 Å². The molecule has 0 amide bonds. The van der Waals surface area contributed by atoms with E-state index in [1.54, 1.807) is 0 Å². The maximum atomic E-state index is 10.8. The Balaban J connectivity index is 1.89. The molecule has 0 aromatic rings. The second-order valence-corrected chi connectivity index (χ2v) is 4.07. The molecule has 0 aromatic carbocycles. The Morgan fingerprint density at radius 1 is 1.21 bits per heavy atom. The van der Waals surface area contributed by atoms with Crippen LogP contribution in [0, 0.1) is 5.92 Å². The molecule has 4 heteroatoms. The topological polar surface area (TPSA) is 58.9 Å². The van der Waals surface area contributed by atoms with Gasteiger partial charge in [0.15, 0.2) is 5.71 Å². The first-order valence-electron chi connectivity index (χ1n) is 5.24. The molecule has 0 spiro atoms. The maximum Gasteiger partial charge on any atom is 0.353 e. The molecular formula is C10H15NO3. The molecule has 0 radical (unpaired) electrons. The van der Waals surface area contributed by atoms with Crippen LogP contribution in [0.15, 0.2) is 5.16 Å². The van der Waals surface area contributed by atoms with Crippen molar-refractivity contribution in [2.75, 3.05) is 0 Å². The van der Waals surface area contributed by atoms with Crippen LogP contribution in [0.2, 0.25) is 0 Å². The van der Waals surface area contributed by atoms with Crippen LogP contribution in [-0.2, 0) is 9.63 Å². The van der Waals surface area contributed by atoms with Gasteiger partial charge in [0.05, 0.1) is 0 Å². The standard InChI is InChI=1S/C10H15NO3/c12-10(13)9(7-5-6-7)11-14-8-3-1-2-4-8/h7-8H,1-6H2,(H,12,13). The molecule has 0 saturated heterocycles. The van der Waals surface area contributed by atoms with E-state index in [0.717, 1.165) is 25.7 Å². The molecule has 78 valence electrons. The van der Waals surface area contributed by atoms with Crippen LogP contribution in [0.5, 0.6) is 0 Å². The zero-order valence-corrected chi connectivity index (χ0v) is 8.11. The molecule has 2 saturated carbocycles. The van der Waals surface area contributed by atoms with Gasteiger partial charge in [-0.25, -0.2) is 4.79 Å². The van der Waals surface area contributed by atoms with Crippen molar-refractivity contribution >= 4 is 11.7 Å². The first kappa shape index (κ1) is 9.49. The van der Waals surface area contributed by atoms with Crippen molar-refractivity contribution in [2.45, 2.75) is 44.6 Å². The number of nitrogens with zero attached hydrogens (tertiary/aromatic N) is 1. The van der Waals surface area contributed by atoms with Crippen LogP contribution >= 0.6 is 0 Å². The molecule has 2 fully saturated rings. The van der Waals surface area contributed by atoms with Crippen LogP contribution in [-0.4, -0.2) is 22.9 Å². The summed E-state index contributed by atoms with van der Waals surface area (Å²) in [6.45, 7) is 0. The minimum Gasteiger partial charge on any atom is -0.477 e. The number of carboxylic acid groups (broad SMARTS) is 1. The minimum atomic E-state index is -0.925. The summed E-state index contributed by atoms with van der Waals surface area (Å²) in [5, 5.41) is 12.6. The van der Waals surface area contributed by atoms with Crippen molar-refractivity contribution < 1.29 is 14.7 Å². The molecule has 0 unspecified atom stereocenters. The number of aliphatic carboxylic acids is 1. The molecular weight excluding hydrogens is 182 g/mol. The predicted octanol–water partition coefficient (Wildman–Crippen LogP) is 1.80. The summed E-state index contributed by atoms with van der Waals surface area (Å²) in [6.07, 6.45) is 6.42. The molecule has 0 aliphatic heterocycles. The Morgan fingerprint density at radius 2 is 1.86 bits per heavy atom. The van der Waals surface area contributed by atoms with Gasteiger partial charge in [0, 0.05) is 5.92 Å². The summed E-state index contributed by atoms with van der Waals surface area (Å²) >= 11 is 0. The largest absolute Gasteiger partial charge is 0.477 e. The number of carboxylic acids is 1. The van der Waals surface area contributed by atoms with E-state index in [2.05, 4.69) is 5.16 Å². The van der Waals surface area contributed by atoms with Gasteiger partial charge in [-0.15, -0.1) is 0 Å². The molecule has 0 heterocycles. The van der Waals surface area contributed by atoms with E-state index in [4.69, 9.17) is 9.94 Å². The summed E-state index contributed by atoms with van der Waals surface area (Å²) in [4.78, 5) is 16.0. The maximum absolute atomic E-state index is 10.8. The highest BCUT2D eigenvalue weighted by Gasteiger charge is 2.33. The molecule has 0 aromatic heterocycles. The summed E-state index contributed by atoms with van der Waals surface area (Å²) in [5.41, 5.74) is 0.219. The average Bonchev–Trinajstić information content (AvgIpc) is 2.82. The number of rotatable bonds is 4. The molecule has 4 nitrogen and oxygen atoms in total. The predicted molar refractivity (Wildman–Crippen MR) is 51.1 cm³/mol. The van der Waals surface area contributed by atoms with E-state index < -0.39 is 5.97 Å². The number of hydrogen-bond donors (Lipinski definition) is 1. The molecule has 1 N–H and O–H groups in total. The van der Waals surface area contributed by atoms with Crippen molar-refractivity contribution in [1.29, 1.82) is 0 Å². The third-order valence-electron chi connectivity index (χ3n) is 2.79. The van der Waals surface area contributed by atoms with E-state index >= 15 is 0 Å². The summed E-state index contributed by atoms with van der Waals surface area (Å²) in [6, 6.07) is 0. The van der Waals surface area contributed by atoms with E-state index in [1.807, 2.05) is 0 Å². The van der Waals surface area contributed by atoms with Crippen LogP contribution in [0.4, 0.5) is 0 Å². The smallest absolute Gasteiger partial charge is 0.353 e. The minimum absolute atomic E-state index is 0.147. The van der Waals surface area contributed by atoms with Gasteiger partial charge in [0.2, 0.25) is 0 Å². The van der Waals surface area contributed by atoms with E-state index in [1.165, 1.54) is 12.8 Å². The molecule has 0 atom stereocenters. The molecule has 14 heavy (non-hydrogen) atoms. The van der Waals surface area contributed by atoms with Gasteiger partial charge in [-0.05, 0) is 38.5 Å². The van der Waals surface area contributed by atoms with Crippen molar-refractivity contribution in [2.24, 2.45) is 11.1 Å². The van der Waals surface area contributed by atoms with Crippen molar-refractivity contribution in [3.8, 4) is 0 Å². The quantitative estimate of drug-likeness (QED) is 0.552. The fourth-order valence-electron chi connectivity index (χ4n) is 1.77. The second kappa shape index (κ2) is 3.98. The lowest BCUT2D eigenvalue weighted by molar-refractivity contribution is -0.129. The SMILES string of the molecule is O=C(O)C(=NOC1CCCC1)C1CC1. The third-order valence-corrected chi connectivity index (χ3v) is 2.79. The molecule has 2 aliphatic rings. The molecule has 2 aliphatic carbocycles. The van der Waals surface area contributed by atoms with Crippen LogP contribution in [0.25, 0.3) is 0 Å².